The molecule has 0 aliphatic rings. The zero-order valence-electron chi connectivity index (χ0n) is 12.9. The van der Waals surface area contributed by atoms with Gasteiger partial charge in [-0.15, -0.1) is 11.3 Å². The molecule has 0 spiro atoms. The molecule has 1 amide bonds. The summed E-state index contributed by atoms with van der Waals surface area (Å²) in [6.45, 7) is 1.86. The van der Waals surface area contributed by atoms with E-state index in [1.54, 1.807) is 24.3 Å². The normalized spacial score (nSPS) is 10.9. The molecular weight excluding hydrogens is 322 g/mol. The number of nitrogens with one attached hydrogen (secondary N) is 1. The molecule has 5 nitrogen and oxygen atoms in total. The van der Waals surface area contributed by atoms with Crippen LogP contribution in [0.3, 0.4) is 0 Å². The first-order chi connectivity index (χ1) is 11.6. The summed E-state index contributed by atoms with van der Waals surface area (Å²) in [5.74, 6) is -0.163. The lowest BCUT2D eigenvalue weighted by Gasteiger charge is -1.97. The van der Waals surface area contributed by atoms with E-state index in [2.05, 4.69) is 15.5 Å². The lowest BCUT2D eigenvalue weighted by molar-refractivity contribution is 0.0950. The number of aromatic nitrogens is 1. The molecule has 120 valence electrons. The van der Waals surface area contributed by atoms with Gasteiger partial charge < -0.3 is 5.11 Å². The number of phenolic OH excluding ortho intramolecular Hbond substituents is 1. The maximum atomic E-state index is 12.2. The van der Waals surface area contributed by atoms with Crippen LogP contribution >= 0.6 is 11.3 Å². The molecule has 3 aromatic rings. The van der Waals surface area contributed by atoms with Gasteiger partial charge in [0.05, 0.1) is 6.21 Å². The second-order valence-electron chi connectivity index (χ2n) is 5.08. The van der Waals surface area contributed by atoms with Crippen molar-refractivity contribution in [2.75, 3.05) is 0 Å². The van der Waals surface area contributed by atoms with Crippen molar-refractivity contribution in [1.29, 1.82) is 0 Å². The Labute approximate surface area is 143 Å². The summed E-state index contributed by atoms with van der Waals surface area (Å²) in [6.07, 6.45) is 1.51. The predicted octanol–water partition coefficient (Wildman–Crippen LogP) is 3.59. The number of carbonyl (C=O) groups is 1. The summed E-state index contributed by atoms with van der Waals surface area (Å²) in [5, 5.41) is 14.0. The van der Waals surface area contributed by atoms with Crippen LogP contribution in [-0.2, 0) is 0 Å². The molecule has 0 atom stereocenters. The Balaban J connectivity index is 1.71. The number of rotatable bonds is 4. The Kier molecular flexibility index (Phi) is 4.67. The average Bonchev–Trinajstić information content (AvgIpc) is 2.99. The second kappa shape index (κ2) is 7.06. The molecule has 0 unspecified atom stereocenters. The third kappa shape index (κ3) is 3.67. The predicted molar refractivity (Wildman–Crippen MR) is 95.5 cm³/mol. The summed E-state index contributed by atoms with van der Waals surface area (Å²) in [4.78, 5) is 17.5. The highest BCUT2D eigenvalue weighted by molar-refractivity contribution is 7.15. The summed E-state index contributed by atoms with van der Waals surface area (Å²) >= 11 is 1.48. The lowest BCUT2D eigenvalue weighted by atomic mass is 10.2. The van der Waals surface area contributed by atoms with Crippen molar-refractivity contribution >= 4 is 23.5 Å². The Morgan fingerprint density at radius 2 is 1.88 bits per heavy atom. The minimum atomic E-state index is -0.346. The first-order valence-electron chi connectivity index (χ1n) is 7.29. The van der Waals surface area contributed by atoms with Gasteiger partial charge in [-0.25, -0.2) is 10.4 Å². The fourth-order valence-electron chi connectivity index (χ4n) is 2.09. The number of hydrazone groups is 1. The molecule has 1 aromatic heterocycles. The number of aromatic hydroxyl groups is 1. The van der Waals surface area contributed by atoms with Crippen LogP contribution in [0.1, 0.15) is 20.9 Å². The molecule has 0 bridgehead atoms. The molecular formula is C18H15N3O2S. The Bertz CT molecular complexity index is 871. The molecule has 0 saturated heterocycles. The van der Waals surface area contributed by atoms with Crippen LogP contribution in [-0.4, -0.2) is 22.2 Å². The highest BCUT2D eigenvalue weighted by Crippen LogP contribution is 2.27. The van der Waals surface area contributed by atoms with Gasteiger partial charge in [-0.1, -0.05) is 30.3 Å². The van der Waals surface area contributed by atoms with E-state index in [0.29, 0.717) is 5.69 Å². The molecule has 0 radical (unpaired) electrons. The molecule has 2 N–H and O–H groups in total. The first-order valence-corrected chi connectivity index (χ1v) is 8.10. The second-order valence-corrected chi connectivity index (χ2v) is 6.28. The van der Waals surface area contributed by atoms with Crippen molar-refractivity contribution in [3.05, 3.63) is 70.7 Å². The van der Waals surface area contributed by atoms with Crippen molar-refractivity contribution in [1.82, 2.24) is 10.4 Å². The van der Waals surface area contributed by atoms with E-state index in [0.717, 1.165) is 21.0 Å². The van der Waals surface area contributed by atoms with E-state index in [4.69, 9.17) is 0 Å². The number of thiazole rings is 1. The summed E-state index contributed by atoms with van der Waals surface area (Å²) in [7, 11) is 0. The molecule has 2 aromatic carbocycles. The van der Waals surface area contributed by atoms with Crippen LogP contribution in [0.2, 0.25) is 0 Å². The number of benzene rings is 2. The van der Waals surface area contributed by atoms with Crippen LogP contribution < -0.4 is 5.43 Å². The lowest BCUT2D eigenvalue weighted by Crippen LogP contribution is -2.18. The van der Waals surface area contributed by atoms with Gasteiger partial charge in [0, 0.05) is 10.4 Å². The first kappa shape index (κ1) is 15.9. The van der Waals surface area contributed by atoms with Crippen LogP contribution in [0.15, 0.2) is 59.7 Å². The molecule has 0 saturated carbocycles. The average molecular weight is 337 g/mol. The van der Waals surface area contributed by atoms with E-state index in [-0.39, 0.29) is 11.7 Å². The number of carbonyl (C=O) groups excluding carboxylic acids is 1. The van der Waals surface area contributed by atoms with Crippen LogP contribution in [0.4, 0.5) is 0 Å². The number of amides is 1. The number of hydrogen-bond acceptors (Lipinski definition) is 5. The van der Waals surface area contributed by atoms with Crippen molar-refractivity contribution in [3.63, 3.8) is 0 Å². The van der Waals surface area contributed by atoms with Crippen molar-refractivity contribution < 1.29 is 9.90 Å². The highest BCUT2D eigenvalue weighted by atomic mass is 32.1. The monoisotopic (exact) mass is 337 g/mol. The molecule has 0 aliphatic carbocycles. The van der Waals surface area contributed by atoms with Crippen molar-refractivity contribution in [3.8, 4) is 16.3 Å². The fourth-order valence-corrected chi connectivity index (χ4v) is 3.01. The fraction of sp³-hybridized carbons (Fsp3) is 0.0556. The van der Waals surface area contributed by atoms with Gasteiger partial charge >= 0.3 is 0 Å². The van der Waals surface area contributed by atoms with E-state index >= 15 is 0 Å². The van der Waals surface area contributed by atoms with Gasteiger partial charge in [0.2, 0.25) is 0 Å². The summed E-state index contributed by atoms with van der Waals surface area (Å²) in [5.41, 5.74) is 4.61. The highest BCUT2D eigenvalue weighted by Gasteiger charge is 2.15. The van der Waals surface area contributed by atoms with Crippen molar-refractivity contribution in [2.24, 2.45) is 5.10 Å². The van der Waals surface area contributed by atoms with Gasteiger partial charge in [-0.2, -0.15) is 5.10 Å². The summed E-state index contributed by atoms with van der Waals surface area (Å²) in [6, 6.07) is 16.3. The summed E-state index contributed by atoms with van der Waals surface area (Å²) < 4.78 is 0. The van der Waals surface area contributed by atoms with E-state index < -0.39 is 0 Å². The Morgan fingerprint density at radius 3 is 2.58 bits per heavy atom. The van der Waals surface area contributed by atoms with Gasteiger partial charge in [-0.05, 0) is 36.8 Å². The molecule has 6 heteroatoms. The van der Waals surface area contributed by atoms with Crippen LogP contribution in [0.5, 0.6) is 5.75 Å². The number of hydrogen-bond donors (Lipinski definition) is 2. The molecule has 0 aliphatic heterocycles. The van der Waals surface area contributed by atoms with Gasteiger partial charge in [0.25, 0.3) is 5.91 Å². The number of aryl methyl sites for hydroxylation is 1. The third-order valence-electron chi connectivity index (χ3n) is 3.31. The van der Waals surface area contributed by atoms with Gasteiger partial charge in [0.1, 0.15) is 16.5 Å². The number of nitrogens with zero attached hydrogens (tertiary/aromatic N) is 2. The Hall–Kier alpha value is -2.99. The van der Waals surface area contributed by atoms with Crippen molar-refractivity contribution in [2.45, 2.75) is 6.92 Å². The molecule has 3 rings (SSSR count). The van der Waals surface area contributed by atoms with Gasteiger partial charge in [-0.3, -0.25) is 4.79 Å². The van der Waals surface area contributed by atoms with E-state index in [9.17, 15) is 9.90 Å². The minimum absolute atomic E-state index is 0.183. The minimum Gasteiger partial charge on any atom is -0.508 e. The third-order valence-corrected chi connectivity index (χ3v) is 4.33. The van der Waals surface area contributed by atoms with Gasteiger partial charge in [0.15, 0.2) is 0 Å². The van der Waals surface area contributed by atoms with E-state index in [1.165, 1.54) is 17.6 Å². The largest absolute Gasteiger partial charge is 0.508 e. The Morgan fingerprint density at radius 1 is 1.17 bits per heavy atom. The van der Waals surface area contributed by atoms with E-state index in [1.807, 2.05) is 37.3 Å². The zero-order valence-corrected chi connectivity index (χ0v) is 13.7. The molecule has 24 heavy (non-hydrogen) atoms. The standard InChI is InChI=1S/C18H15N3O2S/c1-12-16(20-18(24-12)14-5-3-2-4-6-14)17(23)21-19-11-13-7-9-15(22)10-8-13/h2-11,22H,1H3,(H,21,23)/b19-11-. The number of phenols is 1. The molecule has 1 heterocycles. The molecule has 0 fully saturated rings. The maximum Gasteiger partial charge on any atom is 0.291 e. The SMILES string of the molecule is Cc1sc(-c2ccccc2)nc1C(=O)N/N=C\c1ccc(O)cc1. The maximum absolute atomic E-state index is 12.2. The van der Waals surface area contributed by atoms with Crippen LogP contribution in [0.25, 0.3) is 10.6 Å². The zero-order chi connectivity index (χ0) is 16.9. The van der Waals surface area contributed by atoms with Crippen LogP contribution in [0, 0.1) is 6.92 Å². The smallest absolute Gasteiger partial charge is 0.291 e. The topological polar surface area (TPSA) is 74.6 Å². The quantitative estimate of drug-likeness (QED) is 0.564.